The van der Waals surface area contributed by atoms with Crippen LogP contribution in [-0.2, 0) is 14.3 Å². The SMILES string of the molecule is CC(=O)NCC(=O)NC(c1cccnc1)C1CCOCC1. The van der Waals surface area contributed by atoms with E-state index in [0.717, 1.165) is 18.4 Å². The molecule has 0 aliphatic carbocycles. The summed E-state index contributed by atoms with van der Waals surface area (Å²) in [5.41, 5.74) is 0.987. The topological polar surface area (TPSA) is 80.3 Å². The molecule has 0 radical (unpaired) electrons. The van der Waals surface area contributed by atoms with Crippen LogP contribution in [0.4, 0.5) is 0 Å². The molecular weight excluding hydrogens is 270 g/mol. The van der Waals surface area contributed by atoms with Gasteiger partial charge >= 0.3 is 0 Å². The number of pyridine rings is 1. The van der Waals surface area contributed by atoms with Crippen LogP contribution in [0, 0.1) is 5.92 Å². The molecule has 1 unspecified atom stereocenters. The Morgan fingerprint density at radius 2 is 2.19 bits per heavy atom. The second-order valence-corrected chi connectivity index (χ2v) is 5.19. The minimum absolute atomic E-state index is 0.00465. The Labute approximate surface area is 124 Å². The molecule has 2 N–H and O–H groups in total. The van der Waals surface area contributed by atoms with Gasteiger partial charge in [-0.3, -0.25) is 14.6 Å². The lowest BCUT2D eigenvalue weighted by Crippen LogP contribution is -2.41. The molecule has 0 saturated carbocycles. The average Bonchev–Trinajstić information content (AvgIpc) is 2.52. The lowest BCUT2D eigenvalue weighted by molar-refractivity contribution is -0.125. The smallest absolute Gasteiger partial charge is 0.239 e. The van der Waals surface area contributed by atoms with E-state index in [2.05, 4.69) is 15.6 Å². The van der Waals surface area contributed by atoms with Crippen molar-refractivity contribution >= 4 is 11.8 Å². The van der Waals surface area contributed by atoms with E-state index in [1.807, 2.05) is 12.1 Å². The molecule has 2 rings (SSSR count). The first-order valence-electron chi connectivity index (χ1n) is 7.18. The summed E-state index contributed by atoms with van der Waals surface area (Å²) in [5, 5.41) is 5.52. The zero-order valence-electron chi connectivity index (χ0n) is 12.2. The van der Waals surface area contributed by atoms with Crippen LogP contribution in [0.2, 0.25) is 0 Å². The number of amides is 2. The molecule has 1 aromatic heterocycles. The maximum Gasteiger partial charge on any atom is 0.239 e. The van der Waals surface area contributed by atoms with Gasteiger partial charge in [0.05, 0.1) is 12.6 Å². The normalized spacial score (nSPS) is 17.0. The van der Waals surface area contributed by atoms with E-state index in [1.54, 1.807) is 12.4 Å². The van der Waals surface area contributed by atoms with Gasteiger partial charge in [-0.2, -0.15) is 0 Å². The number of carbonyl (C=O) groups excluding carboxylic acids is 2. The van der Waals surface area contributed by atoms with Crippen LogP contribution >= 0.6 is 0 Å². The van der Waals surface area contributed by atoms with Gasteiger partial charge in [-0.15, -0.1) is 0 Å². The van der Waals surface area contributed by atoms with E-state index in [9.17, 15) is 9.59 Å². The Kier molecular flexibility index (Phi) is 5.68. The van der Waals surface area contributed by atoms with Crippen molar-refractivity contribution in [1.29, 1.82) is 0 Å². The van der Waals surface area contributed by atoms with Gasteiger partial charge in [-0.1, -0.05) is 6.07 Å². The third-order valence-corrected chi connectivity index (χ3v) is 3.60. The summed E-state index contributed by atoms with van der Waals surface area (Å²) in [4.78, 5) is 27.0. The van der Waals surface area contributed by atoms with Crippen molar-refractivity contribution in [3.8, 4) is 0 Å². The molecule has 6 nitrogen and oxygen atoms in total. The van der Waals surface area contributed by atoms with Crippen molar-refractivity contribution in [2.24, 2.45) is 5.92 Å². The molecule has 1 fully saturated rings. The zero-order valence-corrected chi connectivity index (χ0v) is 12.2. The van der Waals surface area contributed by atoms with E-state index in [-0.39, 0.29) is 24.4 Å². The number of ether oxygens (including phenoxy) is 1. The van der Waals surface area contributed by atoms with Crippen LogP contribution in [0.1, 0.15) is 31.4 Å². The molecule has 6 heteroatoms. The van der Waals surface area contributed by atoms with Gasteiger partial charge in [0, 0.05) is 32.5 Å². The maximum absolute atomic E-state index is 12.0. The van der Waals surface area contributed by atoms with E-state index < -0.39 is 0 Å². The van der Waals surface area contributed by atoms with Crippen LogP contribution in [0.5, 0.6) is 0 Å². The molecule has 0 bridgehead atoms. The zero-order chi connectivity index (χ0) is 15.1. The number of nitrogens with one attached hydrogen (secondary N) is 2. The van der Waals surface area contributed by atoms with Crippen molar-refractivity contribution < 1.29 is 14.3 Å². The summed E-state index contributed by atoms with van der Waals surface area (Å²) < 4.78 is 5.38. The summed E-state index contributed by atoms with van der Waals surface area (Å²) in [5.74, 6) is -0.0797. The second-order valence-electron chi connectivity index (χ2n) is 5.19. The van der Waals surface area contributed by atoms with Crippen LogP contribution in [0.15, 0.2) is 24.5 Å². The Hall–Kier alpha value is -1.95. The Balaban J connectivity index is 2.04. The molecule has 1 aromatic rings. The quantitative estimate of drug-likeness (QED) is 0.841. The number of rotatable bonds is 5. The van der Waals surface area contributed by atoms with E-state index in [1.165, 1.54) is 6.92 Å². The Morgan fingerprint density at radius 1 is 1.43 bits per heavy atom. The molecule has 1 saturated heterocycles. The van der Waals surface area contributed by atoms with Gasteiger partial charge in [-0.25, -0.2) is 0 Å². The first-order chi connectivity index (χ1) is 10.2. The molecule has 0 aromatic carbocycles. The highest BCUT2D eigenvalue weighted by Gasteiger charge is 2.27. The van der Waals surface area contributed by atoms with Crippen LogP contribution < -0.4 is 10.6 Å². The number of nitrogens with zero attached hydrogens (tertiary/aromatic N) is 1. The van der Waals surface area contributed by atoms with Gasteiger partial charge in [0.2, 0.25) is 11.8 Å². The predicted octanol–water partition coefficient (Wildman–Crippen LogP) is 0.802. The fourth-order valence-electron chi connectivity index (χ4n) is 2.51. The van der Waals surface area contributed by atoms with Crippen LogP contribution in [0.25, 0.3) is 0 Å². The van der Waals surface area contributed by atoms with Crippen molar-refractivity contribution in [3.05, 3.63) is 30.1 Å². The molecule has 2 heterocycles. The molecular formula is C15H21N3O3. The number of hydrogen-bond acceptors (Lipinski definition) is 4. The lowest BCUT2D eigenvalue weighted by Gasteiger charge is -2.31. The van der Waals surface area contributed by atoms with Crippen molar-refractivity contribution in [2.45, 2.75) is 25.8 Å². The minimum Gasteiger partial charge on any atom is -0.381 e. The van der Waals surface area contributed by atoms with Gasteiger partial charge in [0.25, 0.3) is 0 Å². The summed E-state index contributed by atoms with van der Waals surface area (Å²) >= 11 is 0. The Bertz CT molecular complexity index is 472. The molecule has 1 aliphatic heterocycles. The van der Waals surface area contributed by atoms with Crippen LogP contribution in [-0.4, -0.2) is 36.6 Å². The summed E-state index contributed by atoms with van der Waals surface area (Å²) in [7, 11) is 0. The van der Waals surface area contributed by atoms with Gasteiger partial charge in [-0.05, 0) is 30.4 Å². The first-order valence-corrected chi connectivity index (χ1v) is 7.18. The third kappa shape index (κ3) is 4.82. The van der Waals surface area contributed by atoms with Crippen LogP contribution in [0.3, 0.4) is 0 Å². The number of carbonyl (C=O) groups is 2. The van der Waals surface area contributed by atoms with Crippen molar-refractivity contribution in [2.75, 3.05) is 19.8 Å². The molecule has 21 heavy (non-hydrogen) atoms. The first kappa shape index (κ1) is 15.4. The maximum atomic E-state index is 12.0. The van der Waals surface area contributed by atoms with Crippen molar-refractivity contribution in [3.63, 3.8) is 0 Å². The third-order valence-electron chi connectivity index (χ3n) is 3.60. The highest BCUT2D eigenvalue weighted by atomic mass is 16.5. The van der Waals surface area contributed by atoms with Gasteiger partial charge in [0.15, 0.2) is 0 Å². The fourth-order valence-corrected chi connectivity index (χ4v) is 2.51. The minimum atomic E-state index is -0.214. The molecule has 114 valence electrons. The lowest BCUT2D eigenvalue weighted by atomic mass is 9.87. The number of aromatic nitrogens is 1. The standard InChI is InChI=1S/C15H21N3O3/c1-11(19)17-10-14(20)18-15(12-4-7-21-8-5-12)13-3-2-6-16-9-13/h2-3,6,9,12,15H,4-5,7-8,10H2,1H3,(H,17,19)(H,18,20). The molecule has 2 amide bonds. The highest BCUT2D eigenvalue weighted by molar-refractivity contribution is 5.83. The average molecular weight is 291 g/mol. The summed E-state index contributed by atoms with van der Waals surface area (Å²) in [6.45, 7) is 2.81. The molecule has 0 spiro atoms. The van der Waals surface area contributed by atoms with Gasteiger partial charge in [0.1, 0.15) is 0 Å². The monoisotopic (exact) mass is 291 g/mol. The van der Waals surface area contributed by atoms with E-state index in [4.69, 9.17) is 4.74 Å². The highest BCUT2D eigenvalue weighted by Crippen LogP contribution is 2.29. The second kappa shape index (κ2) is 7.73. The largest absolute Gasteiger partial charge is 0.381 e. The summed E-state index contributed by atoms with van der Waals surface area (Å²) in [6.07, 6.45) is 5.29. The number of hydrogen-bond donors (Lipinski definition) is 2. The fraction of sp³-hybridized carbons (Fsp3) is 0.533. The predicted molar refractivity (Wildman–Crippen MR) is 77.3 cm³/mol. The van der Waals surface area contributed by atoms with E-state index >= 15 is 0 Å². The van der Waals surface area contributed by atoms with E-state index in [0.29, 0.717) is 19.1 Å². The summed E-state index contributed by atoms with van der Waals surface area (Å²) in [6, 6.07) is 3.73. The van der Waals surface area contributed by atoms with Crippen molar-refractivity contribution in [1.82, 2.24) is 15.6 Å². The molecule has 1 atom stereocenters. The van der Waals surface area contributed by atoms with Gasteiger partial charge < -0.3 is 15.4 Å². The molecule has 1 aliphatic rings. The Morgan fingerprint density at radius 3 is 2.81 bits per heavy atom.